The van der Waals surface area contributed by atoms with Crippen LogP contribution in [0, 0.1) is 11.8 Å². The first-order chi connectivity index (χ1) is 17.2. The third-order valence-electron chi connectivity index (χ3n) is 7.01. The monoisotopic (exact) mass is 467 g/mol. The highest BCUT2D eigenvalue weighted by Gasteiger charge is 2.43. The van der Waals surface area contributed by atoms with E-state index in [0.29, 0.717) is 43.0 Å². The second-order valence-corrected chi connectivity index (χ2v) is 9.21. The van der Waals surface area contributed by atoms with Crippen molar-refractivity contribution in [2.75, 3.05) is 32.8 Å². The number of hydrogen-bond acceptors (Lipinski definition) is 5. The van der Waals surface area contributed by atoms with Gasteiger partial charge in [-0.3, -0.25) is 9.59 Å². The van der Waals surface area contributed by atoms with E-state index in [-0.39, 0.29) is 30.3 Å². The summed E-state index contributed by atoms with van der Waals surface area (Å²) in [5, 5.41) is 10.7. The van der Waals surface area contributed by atoms with Gasteiger partial charge in [-0.15, -0.1) is 0 Å². The Morgan fingerprint density at radius 1 is 0.829 bits per heavy atom. The molecule has 1 aromatic heterocycles. The lowest BCUT2D eigenvalue weighted by atomic mass is 10.0. The van der Waals surface area contributed by atoms with Crippen molar-refractivity contribution in [3.63, 3.8) is 0 Å². The lowest BCUT2D eigenvalue weighted by Crippen LogP contribution is -2.37. The molecule has 8 heteroatoms. The van der Waals surface area contributed by atoms with Crippen molar-refractivity contribution < 1.29 is 14.3 Å². The number of carbonyl (C=O) groups is 2. The molecule has 2 saturated heterocycles. The van der Waals surface area contributed by atoms with E-state index in [2.05, 4.69) is 15.4 Å². The predicted molar refractivity (Wildman–Crippen MR) is 131 cm³/mol. The number of ether oxygens (including phenoxy) is 1. The maximum absolute atomic E-state index is 13.0. The van der Waals surface area contributed by atoms with E-state index in [1.54, 1.807) is 18.2 Å². The first-order valence-electron chi connectivity index (χ1n) is 11.8. The van der Waals surface area contributed by atoms with Crippen molar-refractivity contribution >= 4 is 22.8 Å². The normalized spacial score (nSPS) is 19.2. The Balaban J connectivity index is 1.06. The molecule has 2 atom stereocenters. The first kappa shape index (κ1) is 21.3. The quantitative estimate of drug-likeness (QED) is 0.487. The summed E-state index contributed by atoms with van der Waals surface area (Å²) in [7, 11) is 0. The van der Waals surface area contributed by atoms with Gasteiger partial charge >= 0.3 is 0 Å². The number of aromatic nitrogens is 3. The molecule has 3 heterocycles. The largest absolute Gasteiger partial charge is 0.483 e. The number of nitrogens with one attached hydrogen (secondary N) is 1. The van der Waals surface area contributed by atoms with Gasteiger partial charge in [-0.1, -0.05) is 48.5 Å². The van der Waals surface area contributed by atoms with E-state index < -0.39 is 0 Å². The van der Waals surface area contributed by atoms with Gasteiger partial charge in [-0.2, -0.15) is 15.4 Å². The van der Waals surface area contributed by atoms with Crippen LogP contribution in [-0.2, 0) is 4.79 Å². The number of likely N-dealkylation sites (tertiary alicyclic amines) is 2. The average molecular weight is 468 g/mol. The Bertz CT molecular complexity index is 1370. The molecule has 0 radical (unpaired) electrons. The molecular weight excluding hydrogens is 442 g/mol. The molecule has 0 aliphatic carbocycles. The van der Waals surface area contributed by atoms with Gasteiger partial charge in [0.2, 0.25) is 0 Å². The minimum absolute atomic E-state index is 0.00280. The Morgan fingerprint density at radius 2 is 1.51 bits per heavy atom. The molecule has 6 rings (SSSR count). The van der Waals surface area contributed by atoms with Crippen LogP contribution in [0.3, 0.4) is 0 Å². The van der Waals surface area contributed by atoms with E-state index in [4.69, 9.17) is 4.74 Å². The maximum Gasteiger partial charge on any atom is 0.260 e. The Labute approximate surface area is 202 Å². The number of H-pyrrole nitrogens is 1. The van der Waals surface area contributed by atoms with Crippen LogP contribution in [0.1, 0.15) is 10.4 Å². The van der Waals surface area contributed by atoms with Crippen LogP contribution in [0.25, 0.3) is 22.2 Å². The van der Waals surface area contributed by atoms with Crippen molar-refractivity contribution in [3.05, 3.63) is 78.4 Å². The van der Waals surface area contributed by atoms with Gasteiger partial charge < -0.3 is 14.5 Å². The number of benzene rings is 3. The molecule has 2 aliphatic rings. The van der Waals surface area contributed by atoms with Gasteiger partial charge in [-0.05, 0) is 29.8 Å². The van der Waals surface area contributed by atoms with Crippen LogP contribution in [0.5, 0.6) is 5.75 Å². The second-order valence-electron chi connectivity index (χ2n) is 9.21. The Kier molecular flexibility index (Phi) is 5.41. The van der Waals surface area contributed by atoms with E-state index in [1.165, 1.54) is 0 Å². The molecule has 0 bridgehead atoms. The summed E-state index contributed by atoms with van der Waals surface area (Å²) in [6, 6.07) is 23.2. The van der Waals surface area contributed by atoms with E-state index >= 15 is 0 Å². The Morgan fingerprint density at radius 3 is 2.31 bits per heavy atom. The standard InChI is InChI=1S/C27H25N5O3/c33-26(17-35-25-9-5-4-8-22(25)18-6-2-1-3-7-18)31-13-20-15-32(16-21(20)14-31)27(34)19-10-11-23-24(12-19)29-30-28-23/h1-12,20-21H,13-17H2,(H,28,29,30)/t20-,21-/m0/s1. The molecule has 4 aromatic rings. The number of rotatable bonds is 5. The molecule has 176 valence electrons. The van der Waals surface area contributed by atoms with Crippen molar-refractivity contribution in [1.82, 2.24) is 25.2 Å². The topological polar surface area (TPSA) is 91.4 Å². The molecule has 0 spiro atoms. The minimum Gasteiger partial charge on any atom is -0.483 e. The van der Waals surface area contributed by atoms with Gasteiger partial charge in [0.1, 0.15) is 16.8 Å². The zero-order chi connectivity index (χ0) is 23.8. The first-order valence-corrected chi connectivity index (χ1v) is 11.8. The molecular formula is C27H25N5O3. The maximum atomic E-state index is 13.0. The lowest BCUT2D eigenvalue weighted by molar-refractivity contribution is -0.132. The van der Waals surface area contributed by atoms with Crippen LogP contribution in [-0.4, -0.2) is 69.8 Å². The average Bonchev–Trinajstić information content (AvgIpc) is 3.62. The molecule has 8 nitrogen and oxygen atoms in total. The summed E-state index contributed by atoms with van der Waals surface area (Å²) in [6.07, 6.45) is 0. The second kappa shape index (κ2) is 8.87. The summed E-state index contributed by atoms with van der Waals surface area (Å²) in [5.41, 5.74) is 4.06. The molecule has 0 unspecified atom stereocenters. The molecule has 35 heavy (non-hydrogen) atoms. The van der Waals surface area contributed by atoms with Gasteiger partial charge in [0.15, 0.2) is 6.61 Å². The van der Waals surface area contributed by atoms with Crippen molar-refractivity contribution in [3.8, 4) is 16.9 Å². The number of carbonyl (C=O) groups excluding carboxylic acids is 2. The fraction of sp³-hybridized carbons (Fsp3) is 0.259. The molecule has 2 amide bonds. The van der Waals surface area contributed by atoms with Crippen molar-refractivity contribution in [2.45, 2.75) is 0 Å². The van der Waals surface area contributed by atoms with Crippen molar-refractivity contribution in [1.29, 1.82) is 0 Å². The molecule has 1 N–H and O–H groups in total. The van der Waals surface area contributed by atoms with Crippen LogP contribution >= 0.6 is 0 Å². The summed E-state index contributed by atoms with van der Waals surface area (Å²) in [6.45, 7) is 2.62. The van der Waals surface area contributed by atoms with Crippen molar-refractivity contribution in [2.24, 2.45) is 11.8 Å². The minimum atomic E-state index is -0.0170. The van der Waals surface area contributed by atoms with E-state index in [9.17, 15) is 9.59 Å². The van der Waals surface area contributed by atoms with E-state index in [1.807, 2.05) is 64.4 Å². The summed E-state index contributed by atoms with van der Waals surface area (Å²) < 4.78 is 5.96. The van der Waals surface area contributed by atoms with Crippen LogP contribution in [0.15, 0.2) is 72.8 Å². The van der Waals surface area contributed by atoms with E-state index in [0.717, 1.165) is 16.6 Å². The number of fused-ring (bicyclic) bond motifs is 2. The number of amides is 2. The summed E-state index contributed by atoms with van der Waals surface area (Å²) in [5.74, 6) is 1.26. The number of aromatic amines is 1. The van der Waals surface area contributed by atoms with Crippen LogP contribution in [0.4, 0.5) is 0 Å². The highest BCUT2D eigenvalue weighted by molar-refractivity contribution is 5.97. The number of hydrogen-bond donors (Lipinski definition) is 1. The summed E-state index contributed by atoms with van der Waals surface area (Å²) in [4.78, 5) is 29.7. The van der Waals surface area contributed by atoms with Gasteiger partial charge in [0.25, 0.3) is 11.8 Å². The fourth-order valence-corrected chi connectivity index (χ4v) is 5.20. The number of para-hydroxylation sites is 1. The summed E-state index contributed by atoms with van der Waals surface area (Å²) >= 11 is 0. The third kappa shape index (κ3) is 4.12. The molecule has 3 aromatic carbocycles. The Hall–Kier alpha value is -4.20. The zero-order valence-electron chi connectivity index (χ0n) is 19.1. The SMILES string of the molecule is O=C(COc1ccccc1-c1ccccc1)N1C[C@H]2CN(C(=O)c3ccc4n[nH]nc4c3)C[C@@H]2C1. The molecule has 0 saturated carbocycles. The lowest BCUT2D eigenvalue weighted by Gasteiger charge is -2.22. The van der Waals surface area contributed by atoms with Crippen LogP contribution < -0.4 is 4.74 Å². The molecule has 2 aliphatic heterocycles. The van der Waals surface area contributed by atoms with Gasteiger partial charge in [-0.25, -0.2) is 0 Å². The number of nitrogens with zero attached hydrogens (tertiary/aromatic N) is 4. The molecule has 2 fully saturated rings. The third-order valence-corrected chi connectivity index (χ3v) is 7.01. The fourth-order valence-electron chi connectivity index (χ4n) is 5.20. The highest BCUT2D eigenvalue weighted by atomic mass is 16.5. The van der Waals surface area contributed by atoms with Gasteiger partial charge in [0, 0.05) is 49.1 Å². The van der Waals surface area contributed by atoms with Crippen LogP contribution in [0.2, 0.25) is 0 Å². The highest BCUT2D eigenvalue weighted by Crippen LogP contribution is 2.33. The smallest absolute Gasteiger partial charge is 0.260 e. The zero-order valence-corrected chi connectivity index (χ0v) is 19.1. The van der Waals surface area contributed by atoms with Gasteiger partial charge in [0.05, 0.1) is 0 Å². The predicted octanol–water partition coefficient (Wildman–Crippen LogP) is 3.23.